The van der Waals surface area contributed by atoms with Gasteiger partial charge in [0, 0.05) is 21.7 Å². The first kappa shape index (κ1) is 27.5. The highest BCUT2D eigenvalue weighted by molar-refractivity contribution is 7.90. The van der Waals surface area contributed by atoms with Crippen molar-refractivity contribution < 1.29 is 23.1 Å². The number of carboxylic acids is 1. The molecule has 0 spiro atoms. The van der Waals surface area contributed by atoms with Gasteiger partial charge in [0.25, 0.3) is 10.0 Å². The zero-order chi connectivity index (χ0) is 27.3. The maximum absolute atomic E-state index is 13.0. The predicted octanol–water partition coefficient (Wildman–Crippen LogP) is 5.37. The Morgan fingerprint density at radius 1 is 1.05 bits per heavy atom. The van der Waals surface area contributed by atoms with Crippen LogP contribution in [0.15, 0.2) is 105 Å². The van der Waals surface area contributed by atoms with Crippen molar-refractivity contribution in [1.82, 2.24) is 5.01 Å². The van der Waals surface area contributed by atoms with Crippen LogP contribution in [-0.4, -0.2) is 49.2 Å². The summed E-state index contributed by atoms with van der Waals surface area (Å²) in [6.45, 7) is 1.59. The molecule has 3 aromatic rings. The normalized spacial score (nSPS) is 18.1. The van der Waals surface area contributed by atoms with E-state index >= 15 is 0 Å². The molecule has 3 aromatic carbocycles. The Morgan fingerprint density at radius 3 is 2.26 bits per heavy atom. The monoisotopic (exact) mass is 571 g/mol. The second-order valence-electron chi connectivity index (χ2n) is 8.33. The molecule has 0 saturated carbocycles. The molecule has 4 rings (SSSR count). The summed E-state index contributed by atoms with van der Waals surface area (Å²) >= 11 is 12.0. The van der Waals surface area contributed by atoms with Crippen LogP contribution in [0.25, 0.3) is 0 Å². The Morgan fingerprint density at radius 2 is 1.66 bits per heavy atom. The second-order valence-corrected chi connectivity index (χ2v) is 10.8. The van der Waals surface area contributed by atoms with E-state index in [0.29, 0.717) is 21.3 Å². The summed E-state index contributed by atoms with van der Waals surface area (Å²) < 4.78 is 36.3. The number of nitrogens with zero attached hydrogens (tertiary/aromatic N) is 3. The Bertz CT molecular complexity index is 1510. The molecule has 1 heterocycles. The van der Waals surface area contributed by atoms with E-state index in [1.807, 2.05) is 30.3 Å². The molecule has 0 aromatic heterocycles. The lowest BCUT2D eigenvalue weighted by Crippen LogP contribution is -2.42. The summed E-state index contributed by atoms with van der Waals surface area (Å²) in [4.78, 5) is 11.0. The van der Waals surface area contributed by atoms with Gasteiger partial charge in [0.05, 0.1) is 18.0 Å². The Hall–Kier alpha value is -3.50. The third kappa shape index (κ3) is 6.14. The van der Waals surface area contributed by atoms with E-state index in [0.717, 1.165) is 11.6 Å². The molecule has 196 valence electrons. The maximum atomic E-state index is 13.0. The third-order valence-corrected chi connectivity index (χ3v) is 7.63. The molecule has 8 nitrogen and oxygen atoms in total. The van der Waals surface area contributed by atoms with Crippen molar-refractivity contribution in [2.45, 2.75) is 17.4 Å². The summed E-state index contributed by atoms with van der Waals surface area (Å²) in [6.07, 6.45) is 2.39. The first-order valence-corrected chi connectivity index (χ1v) is 13.6. The quantitative estimate of drug-likeness (QED) is 0.221. The lowest BCUT2D eigenvalue weighted by atomic mass is 9.85. The molecule has 1 N–H and O–H groups in total. The summed E-state index contributed by atoms with van der Waals surface area (Å²) in [5, 5.41) is 16.2. The molecule has 11 heteroatoms. The van der Waals surface area contributed by atoms with Gasteiger partial charge in [-0.25, -0.2) is 9.80 Å². The summed E-state index contributed by atoms with van der Waals surface area (Å²) in [7, 11) is -4.05. The van der Waals surface area contributed by atoms with Crippen molar-refractivity contribution in [2.24, 2.45) is 9.50 Å². The van der Waals surface area contributed by atoms with Gasteiger partial charge in [-0.3, -0.25) is 0 Å². The van der Waals surface area contributed by atoms with Gasteiger partial charge in [0.2, 0.25) is 0 Å². The van der Waals surface area contributed by atoms with Crippen LogP contribution in [0, 0.1) is 0 Å². The molecule has 1 aliphatic rings. The molecular formula is C27H23Cl2N3O5S. The van der Waals surface area contributed by atoms with Gasteiger partial charge in [-0.1, -0.05) is 71.7 Å². The number of aliphatic carboxylic acids is 1. The van der Waals surface area contributed by atoms with E-state index in [2.05, 4.69) is 4.40 Å². The third-order valence-electron chi connectivity index (χ3n) is 5.76. The zero-order valence-corrected chi connectivity index (χ0v) is 22.5. The van der Waals surface area contributed by atoms with E-state index in [9.17, 15) is 13.2 Å². The van der Waals surface area contributed by atoms with Gasteiger partial charge in [-0.2, -0.15) is 13.5 Å². The average Bonchev–Trinajstić information content (AvgIpc) is 3.28. The number of sulfonamides is 1. The Kier molecular flexibility index (Phi) is 8.32. The summed E-state index contributed by atoms with van der Waals surface area (Å²) in [5.74, 6) is -0.980. The molecule has 1 atom stereocenters. The van der Waals surface area contributed by atoms with Gasteiger partial charge in [-0.05, 0) is 48.9 Å². The summed E-state index contributed by atoms with van der Waals surface area (Å²) in [6, 6.07) is 22.0. The number of benzene rings is 3. The molecule has 0 aliphatic carbocycles. The number of rotatable bonds is 8. The zero-order valence-electron chi connectivity index (χ0n) is 20.2. The highest BCUT2D eigenvalue weighted by atomic mass is 35.5. The van der Waals surface area contributed by atoms with Crippen molar-refractivity contribution in [2.75, 3.05) is 13.2 Å². The molecule has 0 bridgehead atoms. The number of hydrazone groups is 1. The number of ether oxygens (including phenoxy) is 1. The SMILES string of the molecule is CC(=NS(=O)(=O)c1ccc(Cl)cc1)N1CC(OC/C=C/C(=O)O)(c2ccccc2)C(c2ccc(Cl)cc2)=N1. The topological polar surface area (TPSA) is 109 Å². The highest BCUT2D eigenvalue weighted by Gasteiger charge is 2.47. The Balaban J connectivity index is 1.80. The van der Waals surface area contributed by atoms with Gasteiger partial charge in [0.15, 0.2) is 5.60 Å². The summed E-state index contributed by atoms with van der Waals surface area (Å²) in [5.41, 5.74) is 0.741. The number of carbonyl (C=O) groups is 1. The van der Waals surface area contributed by atoms with E-state index in [1.54, 1.807) is 31.2 Å². The number of carboxylic acid groups (broad SMARTS) is 1. The standard InChI is InChI=1S/C27H23Cl2N3O5S/c1-19(31-38(35,36)24-15-13-23(29)14-16-24)32-18-27(21-6-3-2-4-7-21,37-17-5-8-25(33)34)26(30-32)20-9-11-22(28)12-10-20/h2-16H,17-18H2,1H3,(H,33,34)/b8-5+,31-19?. The molecule has 1 unspecified atom stereocenters. The first-order valence-electron chi connectivity index (χ1n) is 11.4. The smallest absolute Gasteiger partial charge is 0.328 e. The van der Waals surface area contributed by atoms with Crippen LogP contribution in [0.4, 0.5) is 0 Å². The first-order chi connectivity index (χ1) is 18.1. The van der Waals surface area contributed by atoms with Crippen LogP contribution in [-0.2, 0) is 25.2 Å². The van der Waals surface area contributed by atoms with Crippen LogP contribution < -0.4 is 0 Å². The van der Waals surface area contributed by atoms with Crippen LogP contribution in [0.1, 0.15) is 18.1 Å². The van der Waals surface area contributed by atoms with Crippen molar-refractivity contribution in [3.8, 4) is 0 Å². The van der Waals surface area contributed by atoms with Crippen LogP contribution in [0.3, 0.4) is 0 Å². The van der Waals surface area contributed by atoms with E-state index < -0.39 is 21.6 Å². The minimum absolute atomic E-state index is 0.00766. The number of halogens is 2. The minimum Gasteiger partial charge on any atom is -0.478 e. The van der Waals surface area contributed by atoms with Gasteiger partial charge < -0.3 is 9.84 Å². The fourth-order valence-corrected chi connectivity index (χ4v) is 5.24. The van der Waals surface area contributed by atoms with Gasteiger partial charge in [-0.15, -0.1) is 4.40 Å². The van der Waals surface area contributed by atoms with Gasteiger partial charge in [0.1, 0.15) is 11.5 Å². The molecule has 0 fully saturated rings. The lowest BCUT2D eigenvalue weighted by molar-refractivity contribution is -0.131. The minimum atomic E-state index is -4.05. The predicted molar refractivity (Wildman–Crippen MR) is 147 cm³/mol. The number of hydrogen-bond donors (Lipinski definition) is 1. The highest BCUT2D eigenvalue weighted by Crippen LogP contribution is 2.37. The van der Waals surface area contributed by atoms with Crippen molar-refractivity contribution in [1.29, 1.82) is 0 Å². The van der Waals surface area contributed by atoms with Crippen molar-refractivity contribution in [3.05, 3.63) is 112 Å². The molecule has 0 saturated heterocycles. The van der Waals surface area contributed by atoms with Crippen molar-refractivity contribution >= 4 is 50.7 Å². The van der Waals surface area contributed by atoms with Crippen LogP contribution in [0.5, 0.6) is 0 Å². The van der Waals surface area contributed by atoms with Gasteiger partial charge >= 0.3 is 5.97 Å². The number of amidine groups is 1. The fraction of sp³-hybridized carbons (Fsp3) is 0.148. The molecule has 0 amide bonds. The molecule has 0 radical (unpaired) electrons. The van der Waals surface area contributed by atoms with E-state index in [-0.39, 0.29) is 23.9 Å². The largest absolute Gasteiger partial charge is 0.478 e. The van der Waals surface area contributed by atoms with Crippen LogP contribution >= 0.6 is 23.2 Å². The lowest BCUT2D eigenvalue weighted by Gasteiger charge is -2.31. The Labute approximate surface area is 230 Å². The molecule has 1 aliphatic heterocycles. The van der Waals surface area contributed by atoms with Crippen LogP contribution in [0.2, 0.25) is 10.0 Å². The molecule has 38 heavy (non-hydrogen) atoms. The number of hydrogen-bond acceptors (Lipinski definition) is 5. The maximum Gasteiger partial charge on any atom is 0.328 e. The van der Waals surface area contributed by atoms with E-state index in [4.69, 9.17) is 38.1 Å². The van der Waals surface area contributed by atoms with Crippen molar-refractivity contribution in [3.63, 3.8) is 0 Å². The average molecular weight is 572 g/mol. The second kappa shape index (κ2) is 11.5. The fourth-order valence-electron chi connectivity index (χ4n) is 3.96. The van der Waals surface area contributed by atoms with E-state index in [1.165, 1.54) is 35.4 Å². The molecular weight excluding hydrogens is 549 g/mol.